The summed E-state index contributed by atoms with van der Waals surface area (Å²) in [6.07, 6.45) is 0.336. The summed E-state index contributed by atoms with van der Waals surface area (Å²) in [5, 5.41) is 35.3. The highest BCUT2D eigenvalue weighted by Crippen LogP contribution is 2.43. The number of nitrogens with zero attached hydrogens (tertiary/aromatic N) is 6. The summed E-state index contributed by atoms with van der Waals surface area (Å²) < 4.78 is 15.0. The number of amides is 1. The second-order valence-corrected chi connectivity index (χ2v) is 14.3. The van der Waals surface area contributed by atoms with Gasteiger partial charge in [-0.25, -0.2) is 4.98 Å². The first-order valence-corrected chi connectivity index (χ1v) is 18.8. The lowest BCUT2D eigenvalue weighted by atomic mass is 9.91. The van der Waals surface area contributed by atoms with Crippen LogP contribution in [0, 0.1) is 5.92 Å². The smallest absolute Gasteiger partial charge is 0.271 e. The van der Waals surface area contributed by atoms with E-state index in [0.29, 0.717) is 23.0 Å². The zero-order chi connectivity index (χ0) is 37.7. The Morgan fingerprint density at radius 2 is 1.60 bits per heavy atom. The summed E-state index contributed by atoms with van der Waals surface area (Å²) in [6, 6.07) is 38.2. The number of fused-ring (bicyclic) bond motifs is 1. The van der Waals surface area contributed by atoms with E-state index in [9.17, 15) is 15.0 Å². The Balaban J connectivity index is 0.978. The Kier molecular flexibility index (Phi) is 10.6. The number of ether oxygens (including phenoxy) is 2. The van der Waals surface area contributed by atoms with Gasteiger partial charge in [0, 0.05) is 23.8 Å². The number of phenolic OH excluding ortho intramolecular Hbond substituents is 1. The van der Waals surface area contributed by atoms with Crippen molar-refractivity contribution in [2.24, 2.45) is 5.92 Å². The quantitative estimate of drug-likeness (QED) is 0.117. The number of aliphatic hydroxyl groups is 1. The molecular formula is C42H37N7O5S. The van der Waals surface area contributed by atoms with E-state index in [-0.39, 0.29) is 42.1 Å². The first-order valence-electron chi connectivity index (χ1n) is 17.8. The highest BCUT2D eigenvalue weighted by Gasteiger charge is 2.38. The summed E-state index contributed by atoms with van der Waals surface area (Å²) in [5.41, 5.74) is 8.07. The molecule has 4 atom stereocenters. The van der Waals surface area contributed by atoms with Crippen molar-refractivity contribution in [2.75, 3.05) is 5.75 Å². The van der Waals surface area contributed by atoms with Gasteiger partial charge in [-0.2, -0.15) is 4.68 Å². The number of aromatic hydroxyl groups is 1. The molecule has 0 saturated carbocycles. The van der Waals surface area contributed by atoms with E-state index < -0.39 is 6.29 Å². The molecular weight excluding hydrogens is 715 g/mol. The molecule has 4 unspecified atom stereocenters. The Hall–Kier alpha value is -5.99. The number of nitrogens with one attached hydrogen (secondary N) is 1. The number of benzene rings is 5. The van der Waals surface area contributed by atoms with Gasteiger partial charge in [0.05, 0.1) is 41.7 Å². The first kappa shape index (κ1) is 36.0. The van der Waals surface area contributed by atoms with Gasteiger partial charge in [-0.1, -0.05) is 97.5 Å². The molecule has 276 valence electrons. The predicted octanol–water partition coefficient (Wildman–Crippen LogP) is 6.98. The third-order valence-electron chi connectivity index (χ3n) is 9.61. The zero-order valence-electron chi connectivity index (χ0n) is 29.8. The van der Waals surface area contributed by atoms with E-state index in [2.05, 4.69) is 43.8 Å². The minimum absolute atomic E-state index is 0.0301. The number of hydrogen-bond acceptors (Lipinski definition) is 11. The Labute approximate surface area is 321 Å². The molecule has 8 rings (SSSR count). The molecule has 2 aromatic heterocycles. The van der Waals surface area contributed by atoms with Gasteiger partial charge in [-0.05, 0) is 80.7 Å². The molecule has 1 aliphatic heterocycles. The van der Waals surface area contributed by atoms with E-state index >= 15 is 0 Å². The van der Waals surface area contributed by atoms with Crippen LogP contribution in [-0.2, 0) is 22.6 Å². The van der Waals surface area contributed by atoms with Gasteiger partial charge >= 0.3 is 0 Å². The Morgan fingerprint density at radius 1 is 0.836 bits per heavy atom. The number of thioether (sulfide) groups is 1. The minimum atomic E-state index is -0.647. The lowest BCUT2D eigenvalue weighted by Gasteiger charge is -2.41. The van der Waals surface area contributed by atoms with Gasteiger partial charge in [-0.15, -0.1) is 5.10 Å². The molecule has 0 aliphatic carbocycles. The fraction of sp³-hybridized carbons (Fsp3) is 0.190. The Morgan fingerprint density at radius 3 is 2.38 bits per heavy atom. The van der Waals surface area contributed by atoms with Gasteiger partial charge < -0.3 is 25.0 Å². The van der Waals surface area contributed by atoms with Crippen LogP contribution in [0.4, 0.5) is 0 Å². The maximum absolute atomic E-state index is 12.9. The summed E-state index contributed by atoms with van der Waals surface area (Å²) >= 11 is 1.49. The Bertz CT molecular complexity index is 2410. The molecule has 1 saturated heterocycles. The van der Waals surface area contributed by atoms with Crippen LogP contribution in [0.15, 0.2) is 133 Å². The van der Waals surface area contributed by atoms with Gasteiger partial charge in [-0.3, -0.25) is 9.78 Å². The lowest BCUT2D eigenvalue weighted by Crippen LogP contribution is -2.38. The molecule has 55 heavy (non-hydrogen) atoms. The van der Waals surface area contributed by atoms with Crippen molar-refractivity contribution in [2.45, 2.75) is 43.7 Å². The molecule has 3 heterocycles. The number of rotatable bonds is 11. The maximum atomic E-state index is 12.9. The van der Waals surface area contributed by atoms with E-state index in [4.69, 9.17) is 9.47 Å². The van der Waals surface area contributed by atoms with Crippen LogP contribution in [0.25, 0.3) is 27.8 Å². The highest BCUT2D eigenvalue weighted by molar-refractivity contribution is 7.99. The summed E-state index contributed by atoms with van der Waals surface area (Å²) in [5.74, 6) is 0.401. The van der Waals surface area contributed by atoms with Gasteiger partial charge in [0.15, 0.2) is 6.29 Å². The molecule has 0 bridgehead atoms. The summed E-state index contributed by atoms with van der Waals surface area (Å²) in [4.78, 5) is 21.7. The zero-order valence-corrected chi connectivity index (χ0v) is 30.6. The monoisotopic (exact) mass is 751 g/mol. The van der Waals surface area contributed by atoms with Crippen molar-refractivity contribution in [3.63, 3.8) is 0 Å². The molecule has 5 aromatic carbocycles. The SMILES string of the molecule is CC1C(CSc2nnnn2-c2ccc(O)cc2)OC(c2ccc(-c3cccc(CNC(=O)c4cnc5ccccc5n4)c3)cc2)OC1c1ccc(CO)cc1. The third-order valence-corrected chi connectivity index (χ3v) is 10.6. The van der Waals surface area contributed by atoms with Crippen LogP contribution >= 0.6 is 11.8 Å². The van der Waals surface area contributed by atoms with E-state index in [0.717, 1.165) is 44.6 Å². The number of hydrogen-bond donors (Lipinski definition) is 3. The highest BCUT2D eigenvalue weighted by atomic mass is 32.2. The largest absolute Gasteiger partial charge is 0.508 e. The van der Waals surface area contributed by atoms with Gasteiger partial charge in [0.25, 0.3) is 5.91 Å². The predicted molar refractivity (Wildman–Crippen MR) is 207 cm³/mol. The molecule has 0 radical (unpaired) electrons. The number of carbonyl (C=O) groups excluding carboxylic acids is 1. The first-order chi connectivity index (χ1) is 26.9. The minimum Gasteiger partial charge on any atom is -0.508 e. The van der Waals surface area contributed by atoms with Crippen LogP contribution in [0.1, 0.15) is 52.1 Å². The number of aromatic nitrogens is 6. The normalized spacial score (nSPS) is 18.3. The number of para-hydroxylation sites is 2. The van der Waals surface area contributed by atoms with Crippen molar-refractivity contribution in [1.82, 2.24) is 35.5 Å². The van der Waals surface area contributed by atoms with Crippen molar-refractivity contribution in [1.29, 1.82) is 0 Å². The van der Waals surface area contributed by atoms with Crippen molar-refractivity contribution >= 4 is 28.7 Å². The molecule has 12 nitrogen and oxygen atoms in total. The third kappa shape index (κ3) is 8.10. The second kappa shape index (κ2) is 16.2. The van der Waals surface area contributed by atoms with Crippen molar-refractivity contribution in [3.8, 4) is 22.6 Å². The molecule has 3 N–H and O–H groups in total. The van der Waals surface area contributed by atoms with Crippen LogP contribution in [0.5, 0.6) is 5.75 Å². The topological polar surface area (TPSA) is 157 Å². The number of phenols is 1. The van der Waals surface area contributed by atoms with Crippen LogP contribution in [0.3, 0.4) is 0 Å². The lowest BCUT2D eigenvalue weighted by molar-refractivity contribution is -0.268. The van der Waals surface area contributed by atoms with Crippen LogP contribution in [-0.4, -0.2) is 58.2 Å². The summed E-state index contributed by atoms with van der Waals surface area (Å²) in [7, 11) is 0. The molecule has 1 fully saturated rings. The maximum Gasteiger partial charge on any atom is 0.271 e. The van der Waals surface area contributed by atoms with Gasteiger partial charge in [0.2, 0.25) is 5.16 Å². The average molecular weight is 752 g/mol. The van der Waals surface area contributed by atoms with Crippen molar-refractivity contribution in [3.05, 3.63) is 155 Å². The van der Waals surface area contributed by atoms with Crippen LogP contribution < -0.4 is 5.32 Å². The van der Waals surface area contributed by atoms with E-state index in [1.54, 1.807) is 28.9 Å². The standard InChI is InChI=1S/C42H37N7O5S/c1-26-38(25-55-42-46-47-48-49(42)33-17-19-34(51)20-18-33)53-41(54-39(26)30-11-9-27(24-50)10-12-30)31-15-13-29(14-16-31)32-6-4-5-28(21-32)22-44-40(52)37-23-43-35-7-2-3-8-36(35)45-37/h2-21,23,26,38-39,41,50-51H,22,24-25H2,1H3,(H,44,52). The van der Waals surface area contributed by atoms with Gasteiger partial charge in [0.1, 0.15) is 11.4 Å². The molecule has 1 aliphatic rings. The number of tetrazole rings is 1. The molecule has 1 amide bonds. The van der Waals surface area contributed by atoms with E-state index in [1.165, 1.54) is 18.0 Å². The van der Waals surface area contributed by atoms with Crippen molar-refractivity contribution < 1.29 is 24.5 Å². The number of aliphatic hydroxyl groups excluding tert-OH is 1. The van der Waals surface area contributed by atoms with Crippen LogP contribution in [0.2, 0.25) is 0 Å². The molecule has 7 aromatic rings. The number of carbonyl (C=O) groups is 1. The molecule has 0 spiro atoms. The summed E-state index contributed by atoms with van der Waals surface area (Å²) in [6.45, 7) is 2.41. The fourth-order valence-electron chi connectivity index (χ4n) is 6.52. The average Bonchev–Trinajstić information content (AvgIpc) is 3.71. The van der Waals surface area contributed by atoms with E-state index in [1.807, 2.05) is 91.0 Å². The fourth-order valence-corrected chi connectivity index (χ4v) is 7.58. The molecule has 13 heteroatoms. The second-order valence-electron chi connectivity index (χ2n) is 13.3.